The highest BCUT2D eigenvalue weighted by Crippen LogP contribution is 2.22. The summed E-state index contributed by atoms with van der Waals surface area (Å²) >= 11 is 0. The summed E-state index contributed by atoms with van der Waals surface area (Å²) in [6.07, 6.45) is 0. The van der Waals surface area contributed by atoms with E-state index in [1.807, 2.05) is 0 Å². The summed E-state index contributed by atoms with van der Waals surface area (Å²) in [6, 6.07) is 5.13. The molecule has 0 aromatic heterocycles. The van der Waals surface area contributed by atoms with Gasteiger partial charge in [-0.1, -0.05) is 13.8 Å². The molecule has 1 rings (SSSR count). The predicted molar refractivity (Wildman–Crippen MR) is 61.2 cm³/mol. The van der Waals surface area contributed by atoms with Gasteiger partial charge in [-0.05, 0) is 31.0 Å². The van der Waals surface area contributed by atoms with Crippen molar-refractivity contribution in [1.29, 1.82) is 0 Å². The van der Waals surface area contributed by atoms with E-state index in [4.69, 9.17) is 10.5 Å². The summed E-state index contributed by atoms with van der Waals surface area (Å²) in [5.74, 6) is 1.02. The monoisotopic (exact) mass is 207 g/mol. The molecule has 2 N–H and O–H groups in total. The summed E-state index contributed by atoms with van der Waals surface area (Å²) in [7, 11) is 0. The molecule has 0 atom stereocenters. The Bertz CT molecular complexity index is 359. The van der Waals surface area contributed by atoms with Crippen molar-refractivity contribution < 1.29 is 9.53 Å². The number of anilines is 1. The summed E-state index contributed by atoms with van der Waals surface area (Å²) in [5.41, 5.74) is 6.75. The summed E-state index contributed by atoms with van der Waals surface area (Å²) in [5, 5.41) is 0. The quantitative estimate of drug-likeness (QED) is 0.609. The number of nitrogen functional groups attached to an aromatic ring is 1. The second-order valence-corrected chi connectivity index (χ2v) is 4.02. The molecule has 15 heavy (non-hydrogen) atoms. The number of Topliss-reactive ketones (excluding diaryl/α,β-unsaturated/α-hetero) is 1. The maximum absolute atomic E-state index is 11.3. The van der Waals surface area contributed by atoms with Crippen LogP contribution in [0.3, 0.4) is 0 Å². The highest BCUT2D eigenvalue weighted by atomic mass is 16.5. The van der Waals surface area contributed by atoms with Crippen molar-refractivity contribution in [1.82, 2.24) is 0 Å². The summed E-state index contributed by atoms with van der Waals surface area (Å²) in [4.78, 5) is 11.3. The van der Waals surface area contributed by atoms with Gasteiger partial charge in [0.2, 0.25) is 0 Å². The van der Waals surface area contributed by atoms with Crippen LogP contribution < -0.4 is 10.5 Å². The van der Waals surface area contributed by atoms with Crippen molar-refractivity contribution in [3.63, 3.8) is 0 Å². The number of ketones is 1. The van der Waals surface area contributed by atoms with E-state index in [1.54, 1.807) is 18.2 Å². The molecule has 0 unspecified atom stereocenters. The molecular formula is C12H17NO2. The van der Waals surface area contributed by atoms with E-state index in [9.17, 15) is 4.79 Å². The van der Waals surface area contributed by atoms with Gasteiger partial charge >= 0.3 is 0 Å². The fourth-order valence-electron chi connectivity index (χ4n) is 1.21. The minimum absolute atomic E-state index is 0.0268. The van der Waals surface area contributed by atoms with E-state index in [2.05, 4.69) is 13.8 Å². The number of hydrogen-bond donors (Lipinski definition) is 1. The maximum Gasteiger partial charge on any atom is 0.163 e. The molecule has 3 nitrogen and oxygen atoms in total. The lowest BCUT2D eigenvalue weighted by molar-refractivity contribution is 0.101. The van der Waals surface area contributed by atoms with Gasteiger partial charge in [0.05, 0.1) is 12.2 Å². The van der Waals surface area contributed by atoms with Crippen LogP contribution in [0, 0.1) is 5.92 Å². The Morgan fingerprint density at radius 3 is 2.67 bits per heavy atom. The molecule has 1 aromatic carbocycles. The Balaban J connectivity index is 2.91. The Labute approximate surface area is 90.2 Å². The van der Waals surface area contributed by atoms with Gasteiger partial charge in [-0.3, -0.25) is 4.79 Å². The van der Waals surface area contributed by atoms with E-state index < -0.39 is 0 Å². The highest BCUT2D eigenvalue weighted by Gasteiger charge is 2.09. The van der Waals surface area contributed by atoms with Crippen molar-refractivity contribution in [3.05, 3.63) is 23.8 Å². The average Bonchev–Trinajstić information content (AvgIpc) is 2.15. The van der Waals surface area contributed by atoms with E-state index in [0.29, 0.717) is 29.5 Å². The number of hydrogen-bond acceptors (Lipinski definition) is 3. The first-order chi connectivity index (χ1) is 7.00. The molecule has 3 heteroatoms. The lowest BCUT2D eigenvalue weighted by atomic mass is 10.1. The van der Waals surface area contributed by atoms with Gasteiger partial charge in [0, 0.05) is 5.69 Å². The molecule has 0 bridgehead atoms. The van der Waals surface area contributed by atoms with E-state index in [0.717, 1.165) is 0 Å². The molecule has 0 spiro atoms. The van der Waals surface area contributed by atoms with Gasteiger partial charge in [-0.15, -0.1) is 0 Å². The van der Waals surface area contributed by atoms with Crippen LogP contribution in [-0.2, 0) is 0 Å². The molecule has 0 heterocycles. The van der Waals surface area contributed by atoms with Gasteiger partial charge in [0.25, 0.3) is 0 Å². The lowest BCUT2D eigenvalue weighted by Crippen LogP contribution is -2.08. The van der Waals surface area contributed by atoms with Gasteiger partial charge in [0.15, 0.2) is 5.78 Å². The van der Waals surface area contributed by atoms with Crippen LogP contribution in [-0.4, -0.2) is 12.4 Å². The second-order valence-electron chi connectivity index (χ2n) is 4.02. The molecule has 0 aliphatic rings. The Hall–Kier alpha value is -1.51. The number of nitrogens with two attached hydrogens (primary N) is 1. The summed E-state index contributed by atoms with van der Waals surface area (Å²) < 4.78 is 5.54. The SMILES string of the molecule is CC(=O)c1cc(N)ccc1OCC(C)C. The topological polar surface area (TPSA) is 52.3 Å². The van der Waals surface area contributed by atoms with Crippen LogP contribution in [0.15, 0.2) is 18.2 Å². The molecule has 0 radical (unpaired) electrons. The van der Waals surface area contributed by atoms with Crippen LogP contribution in [0.25, 0.3) is 0 Å². The zero-order chi connectivity index (χ0) is 11.4. The highest BCUT2D eigenvalue weighted by molar-refractivity contribution is 5.97. The van der Waals surface area contributed by atoms with E-state index in [-0.39, 0.29) is 5.78 Å². The fraction of sp³-hybridized carbons (Fsp3) is 0.417. The van der Waals surface area contributed by atoms with Crippen molar-refractivity contribution in [2.75, 3.05) is 12.3 Å². The van der Waals surface area contributed by atoms with Crippen LogP contribution in [0.2, 0.25) is 0 Å². The van der Waals surface area contributed by atoms with Gasteiger partial charge in [-0.25, -0.2) is 0 Å². The normalized spacial score (nSPS) is 10.4. The molecule has 0 fully saturated rings. The minimum Gasteiger partial charge on any atom is -0.493 e. The smallest absolute Gasteiger partial charge is 0.163 e. The third-order valence-electron chi connectivity index (χ3n) is 1.96. The van der Waals surface area contributed by atoms with Crippen molar-refractivity contribution in [3.8, 4) is 5.75 Å². The average molecular weight is 207 g/mol. The molecule has 0 amide bonds. The maximum atomic E-state index is 11.3. The largest absolute Gasteiger partial charge is 0.493 e. The third kappa shape index (κ3) is 3.27. The van der Waals surface area contributed by atoms with Crippen LogP contribution >= 0.6 is 0 Å². The Morgan fingerprint density at radius 2 is 2.13 bits per heavy atom. The van der Waals surface area contributed by atoms with Gasteiger partial charge < -0.3 is 10.5 Å². The number of carbonyl (C=O) groups is 1. The molecule has 82 valence electrons. The van der Waals surface area contributed by atoms with Gasteiger partial charge in [-0.2, -0.15) is 0 Å². The van der Waals surface area contributed by atoms with E-state index in [1.165, 1.54) is 6.92 Å². The Morgan fingerprint density at radius 1 is 1.47 bits per heavy atom. The second kappa shape index (κ2) is 4.82. The number of rotatable bonds is 4. The first-order valence-electron chi connectivity index (χ1n) is 5.04. The van der Waals surface area contributed by atoms with Crippen molar-refractivity contribution >= 4 is 11.5 Å². The standard InChI is InChI=1S/C12H17NO2/c1-8(2)7-15-12-5-4-10(13)6-11(12)9(3)14/h4-6,8H,7,13H2,1-3H3. The fourth-order valence-corrected chi connectivity index (χ4v) is 1.21. The first-order valence-corrected chi connectivity index (χ1v) is 5.04. The van der Waals surface area contributed by atoms with Gasteiger partial charge in [0.1, 0.15) is 5.75 Å². The zero-order valence-corrected chi connectivity index (χ0v) is 9.41. The molecular weight excluding hydrogens is 190 g/mol. The van der Waals surface area contributed by atoms with Crippen LogP contribution in [0.1, 0.15) is 31.1 Å². The molecule has 1 aromatic rings. The number of carbonyl (C=O) groups excluding carboxylic acids is 1. The molecule has 0 aliphatic carbocycles. The van der Waals surface area contributed by atoms with Crippen molar-refractivity contribution in [2.24, 2.45) is 5.92 Å². The summed E-state index contributed by atoms with van der Waals surface area (Å²) in [6.45, 7) is 6.23. The van der Waals surface area contributed by atoms with Crippen molar-refractivity contribution in [2.45, 2.75) is 20.8 Å². The zero-order valence-electron chi connectivity index (χ0n) is 9.41. The van der Waals surface area contributed by atoms with E-state index >= 15 is 0 Å². The Kier molecular flexibility index (Phi) is 3.72. The molecule has 0 aliphatic heterocycles. The number of benzene rings is 1. The number of ether oxygens (including phenoxy) is 1. The first kappa shape index (κ1) is 11.6. The molecule has 0 saturated heterocycles. The minimum atomic E-state index is -0.0268. The third-order valence-corrected chi connectivity index (χ3v) is 1.96. The van der Waals surface area contributed by atoms with Crippen LogP contribution in [0.4, 0.5) is 5.69 Å². The lowest BCUT2D eigenvalue weighted by Gasteiger charge is -2.12. The van der Waals surface area contributed by atoms with Crippen LogP contribution in [0.5, 0.6) is 5.75 Å². The predicted octanol–water partition coefficient (Wildman–Crippen LogP) is 2.51. The molecule has 0 saturated carbocycles.